The average Bonchev–Trinajstić information content (AvgIpc) is 2.34. The predicted molar refractivity (Wildman–Crippen MR) is 74.9 cm³/mol. The molecule has 1 aromatic rings. The highest BCUT2D eigenvalue weighted by atomic mass is 32.1. The molecular weight excluding hydrogens is 248 g/mol. The molecular formula is C13H16N2O2S. The fourth-order valence-corrected chi connectivity index (χ4v) is 2.03. The van der Waals surface area contributed by atoms with Crippen molar-refractivity contribution in [1.82, 2.24) is 0 Å². The quantitative estimate of drug-likeness (QED) is 0.631. The van der Waals surface area contributed by atoms with Crippen molar-refractivity contribution in [3.05, 3.63) is 23.8 Å². The Kier molecular flexibility index (Phi) is 4.15. The van der Waals surface area contributed by atoms with Crippen molar-refractivity contribution in [3.63, 3.8) is 0 Å². The Labute approximate surface area is 112 Å². The summed E-state index contributed by atoms with van der Waals surface area (Å²) in [6, 6.07) is 5.73. The fourth-order valence-electron chi connectivity index (χ4n) is 1.89. The van der Waals surface area contributed by atoms with E-state index in [1.807, 2.05) is 18.2 Å². The van der Waals surface area contributed by atoms with E-state index >= 15 is 0 Å². The summed E-state index contributed by atoms with van der Waals surface area (Å²) < 4.78 is 5.62. The second kappa shape index (κ2) is 5.82. The average molecular weight is 264 g/mol. The third-order valence-corrected chi connectivity index (χ3v) is 3.01. The SMILES string of the molecule is NC(=S)CCCOc1ccc2c(c1)CCC(=O)N2. The van der Waals surface area contributed by atoms with Crippen molar-refractivity contribution in [2.75, 3.05) is 11.9 Å². The lowest BCUT2D eigenvalue weighted by molar-refractivity contribution is -0.116. The number of rotatable bonds is 5. The number of hydrogen-bond donors (Lipinski definition) is 2. The number of nitrogens with one attached hydrogen (secondary N) is 1. The lowest BCUT2D eigenvalue weighted by Gasteiger charge is -2.17. The number of ether oxygens (including phenoxy) is 1. The first-order valence-corrected chi connectivity index (χ1v) is 6.40. The first-order chi connectivity index (χ1) is 8.65. The third kappa shape index (κ3) is 3.43. The molecule has 0 radical (unpaired) electrons. The first kappa shape index (κ1) is 12.8. The van der Waals surface area contributed by atoms with Gasteiger partial charge in [0.15, 0.2) is 0 Å². The number of aryl methyl sites for hydroxylation is 1. The van der Waals surface area contributed by atoms with Gasteiger partial charge in [0, 0.05) is 18.5 Å². The Balaban J connectivity index is 1.91. The van der Waals surface area contributed by atoms with Crippen LogP contribution < -0.4 is 15.8 Å². The Morgan fingerprint density at radius 3 is 3.06 bits per heavy atom. The summed E-state index contributed by atoms with van der Waals surface area (Å²) >= 11 is 4.80. The minimum atomic E-state index is 0.0765. The number of amides is 1. The molecule has 0 aromatic heterocycles. The third-order valence-electron chi connectivity index (χ3n) is 2.81. The van der Waals surface area contributed by atoms with Crippen LogP contribution in [0.2, 0.25) is 0 Å². The molecule has 1 amide bonds. The molecule has 0 fully saturated rings. The van der Waals surface area contributed by atoms with Crippen LogP contribution in [0.15, 0.2) is 18.2 Å². The van der Waals surface area contributed by atoms with Crippen molar-refractivity contribution in [3.8, 4) is 5.75 Å². The number of carbonyl (C=O) groups excluding carboxylic acids is 1. The number of carbonyl (C=O) groups is 1. The van der Waals surface area contributed by atoms with Crippen molar-refractivity contribution < 1.29 is 9.53 Å². The second-order valence-electron chi connectivity index (χ2n) is 4.29. The molecule has 0 unspecified atom stereocenters. The monoisotopic (exact) mass is 264 g/mol. The van der Waals surface area contributed by atoms with Crippen LogP contribution in [-0.4, -0.2) is 17.5 Å². The maximum atomic E-state index is 11.2. The molecule has 0 atom stereocenters. The number of anilines is 1. The number of hydrogen-bond acceptors (Lipinski definition) is 3. The van der Waals surface area contributed by atoms with Crippen LogP contribution in [0.3, 0.4) is 0 Å². The van der Waals surface area contributed by atoms with Gasteiger partial charge in [-0.1, -0.05) is 12.2 Å². The molecule has 0 saturated heterocycles. The molecule has 3 N–H and O–H groups in total. The van der Waals surface area contributed by atoms with Crippen molar-refractivity contribution >= 4 is 28.8 Å². The second-order valence-corrected chi connectivity index (χ2v) is 4.81. The number of fused-ring (bicyclic) bond motifs is 1. The summed E-state index contributed by atoms with van der Waals surface area (Å²) in [4.78, 5) is 11.7. The summed E-state index contributed by atoms with van der Waals surface area (Å²) in [5, 5.41) is 2.84. The van der Waals surface area contributed by atoms with Gasteiger partial charge in [0.25, 0.3) is 0 Å². The van der Waals surface area contributed by atoms with Gasteiger partial charge >= 0.3 is 0 Å². The van der Waals surface area contributed by atoms with Crippen molar-refractivity contribution in [2.45, 2.75) is 25.7 Å². The highest BCUT2D eigenvalue weighted by Crippen LogP contribution is 2.26. The number of nitrogens with two attached hydrogens (primary N) is 1. The van der Waals surface area contributed by atoms with Gasteiger partial charge in [0.1, 0.15) is 5.75 Å². The summed E-state index contributed by atoms with van der Waals surface area (Å²) in [7, 11) is 0. The smallest absolute Gasteiger partial charge is 0.224 e. The van der Waals surface area contributed by atoms with E-state index in [-0.39, 0.29) is 5.91 Å². The molecule has 1 heterocycles. The normalized spacial score (nSPS) is 13.7. The van der Waals surface area contributed by atoms with E-state index in [1.54, 1.807) is 0 Å². The summed E-state index contributed by atoms with van der Waals surface area (Å²) in [6.45, 7) is 0.600. The van der Waals surface area contributed by atoms with Gasteiger partial charge < -0.3 is 15.8 Å². The van der Waals surface area contributed by atoms with E-state index < -0.39 is 0 Å². The molecule has 18 heavy (non-hydrogen) atoms. The van der Waals surface area contributed by atoms with Crippen molar-refractivity contribution in [2.24, 2.45) is 5.73 Å². The van der Waals surface area contributed by atoms with Gasteiger partial charge in [-0.15, -0.1) is 0 Å². The summed E-state index contributed by atoms with van der Waals surface area (Å²) in [5.74, 6) is 0.903. The van der Waals surface area contributed by atoms with Crippen LogP contribution in [-0.2, 0) is 11.2 Å². The van der Waals surface area contributed by atoms with E-state index in [1.165, 1.54) is 0 Å². The van der Waals surface area contributed by atoms with E-state index in [9.17, 15) is 4.79 Å². The molecule has 2 rings (SSSR count). The molecule has 0 spiro atoms. The largest absolute Gasteiger partial charge is 0.494 e. The van der Waals surface area contributed by atoms with Crippen LogP contribution in [0.25, 0.3) is 0 Å². The maximum Gasteiger partial charge on any atom is 0.224 e. The molecule has 96 valence electrons. The number of thiocarbonyl (C=S) groups is 1. The molecule has 0 aliphatic carbocycles. The van der Waals surface area contributed by atoms with Crippen LogP contribution in [0.5, 0.6) is 5.75 Å². The van der Waals surface area contributed by atoms with E-state index in [4.69, 9.17) is 22.7 Å². The fraction of sp³-hybridized carbons (Fsp3) is 0.385. The van der Waals surface area contributed by atoms with Crippen LogP contribution >= 0.6 is 12.2 Å². The van der Waals surface area contributed by atoms with Crippen LogP contribution in [0.4, 0.5) is 5.69 Å². The Hall–Kier alpha value is -1.62. The Bertz CT molecular complexity index is 474. The lowest BCUT2D eigenvalue weighted by Crippen LogP contribution is -2.18. The van der Waals surface area contributed by atoms with Gasteiger partial charge in [0.05, 0.1) is 11.6 Å². The molecule has 4 nitrogen and oxygen atoms in total. The zero-order chi connectivity index (χ0) is 13.0. The molecule has 1 aromatic carbocycles. The van der Waals surface area contributed by atoms with Crippen LogP contribution in [0.1, 0.15) is 24.8 Å². The number of benzene rings is 1. The lowest BCUT2D eigenvalue weighted by atomic mass is 10.0. The molecule has 5 heteroatoms. The van der Waals surface area contributed by atoms with E-state index in [0.717, 1.165) is 29.8 Å². The minimum Gasteiger partial charge on any atom is -0.494 e. The summed E-state index contributed by atoms with van der Waals surface area (Å²) in [5.41, 5.74) is 7.43. The first-order valence-electron chi connectivity index (χ1n) is 5.99. The van der Waals surface area contributed by atoms with Gasteiger partial charge in [0.2, 0.25) is 5.91 Å². The molecule has 0 saturated carbocycles. The van der Waals surface area contributed by atoms with Crippen LogP contribution in [0, 0.1) is 0 Å². The molecule has 1 aliphatic heterocycles. The van der Waals surface area contributed by atoms with Gasteiger partial charge in [-0.3, -0.25) is 4.79 Å². The molecule has 0 bridgehead atoms. The van der Waals surface area contributed by atoms with E-state index in [2.05, 4.69) is 5.32 Å². The highest BCUT2D eigenvalue weighted by molar-refractivity contribution is 7.80. The zero-order valence-corrected chi connectivity index (χ0v) is 10.9. The predicted octanol–water partition coefficient (Wildman–Crippen LogP) is 2.02. The Morgan fingerprint density at radius 1 is 1.44 bits per heavy atom. The topological polar surface area (TPSA) is 64.3 Å². The van der Waals surface area contributed by atoms with Gasteiger partial charge in [-0.05, 0) is 36.6 Å². The minimum absolute atomic E-state index is 0.0765. The Morgan fingerprint density at radius 2 is 2.28 bits per heavy atom. The maximum absolute atomic E-state index is 11.2. The molecule has 1 aliphatic rings. The van der Waals surface area contributed by atoms with Gasteiger partial charge in [-0.2, -0.15) is 0 Å². The zero-order valence-electron chi connectivity index (χ0n) is 10.1. The van der Waals surface area contributed by atoms with Gasteiger partial charge in [-0.25, -0.2) is 0 Å². The van der Waals surface area contributed by atoms with E-state index in [0.29, 0.717) is 24.4 Å². The van der Waals surface area contributed by atoms with Crippen molar-refractivity contribution in [1.29, 1.82) is 0 Å². The highest BCUT2D eigenvalue weighted by Gasteiger charge is 2.14. The standard InChI is InChI=1S/C13H16N2O2S/c14-12(18)2-1-7-17-10-4-5-11-9(8-10)3-6-13(16)15-11/h4-5,8H,1-3,6-7H2,(H2,14,18)(H,15,16). The summed E-state index contributed by atoms with van der Waals surface area (Å²) in [6.07, 6.45) is 2.84.